The van der Waals surface area contributed by atoms with E-state index in [0.717, 1.165) is 18.5 Å². The molecule has 6 atom stereocenters. The fourth-order valence-corrected chi connectivity index (χ4v) is 5.32. The Morgan fingerprint density at radius 1 is 0.667 bits per heavy atom. The van der Waals surface area contributed by atoms with Crippen molar-refractivity contribution in [2.75, 3.05) is 6.67 Å². The molecular weight excluding hydrogens is 328 g/mol. The maximum absolute atomic E-state index is 2.78. The van der Waals surface area contributed by atoms with Gasteiger partial charge in [-0.25, -0.2) is 0 Å². The first-order chi connectivity index (χ1) is 13.1. The predicted molar refractivity (Wildman–Crippen MR) is 113 cm³/mol. The highest BCUT2D eigenvalue weighted by Gasteiger charge is 2.47. The third-order valence-corrected chi connectivity index (χ3v) is 7.38. The molecule has 0 aromatic heterocycles. The lowest BCUT2D eigenvalue weighted by Gasteiger charge is -2.41. The van der Waals surface area contributed by atoms with Gasteiger partial charge in [0.2, 0.25) is 0 Å². The minimum absolute atomic E-state index is 0.465. The van der Waals surface area contributed by atoms with E-state index in [1.54, 1.807) is 0 Å². The van der Waals surface area contributed by atoms with Crippen molar-refractivity contribution in [2.45, 2.75) is 64.7 Å². The molecule has 4 rings (SSSR count). The van der Waals surface area contributed by atoms with E-state index in [1.165, 1.54) is 24.0 Å². The molecule has 0 N–H and O–H groups in total. The Kier molecular flexibility index (Phi) is 5.39. The predicted octanol–water partition coefficient (Wildman–Crippen LogP) is 5.89. The van der Waals surface area contributed by atoms with Gasteiger partial charge >= 0.3 is 0 Å². The average molecular weight is 363 g/mol. The lowest BCUT2D eigenvalue weighted by Crippen LogP contribution is -2.45. The molecule has 0 unspecified atom stereocenters. The van der Waals surface area contributed by atoms with Crippen LogP contribution in [0.3, 0.4) is 0 Å². The first-order valence-corrected chi connectivity index (χ1v) is 10.7. The molecule has 0 amide bonds. The molecule has 1 saturated heterocycles. The summed E-state index contributed by atoms with van der Waals surface area (Å²) in [6, 6.07) is 24.4. The number of hydrogen-bond donors (Lipinski definition) is 0. The van der Waals surface area contributed by atoms with Crippen LogP contribution in [0.4, 0.5) is 0 Å². The Bertz CT molecular complexity index is 665. The molecule has 27 heavy (non-hydrogen) atoms. The number of fused-ring (bicyclic) bond motifs is 1. The van der Waals surface area contributed by atoms with Crippen LogP contribution in [0.5, 0.6) is 0 Å². The van der Waals surface area contributed by atoms with E-state index in [4.69, 9.17) is 0 Å². The second-order valence-corrected chi connectivity index (χ2v) is 8.90. The average Bonchev–Trinajstić information content (AvgIpc) is 3.06. The lowest BCUT2D eigenvalue weighted by atomic mass is 9.75. The Morgan fingerprint density at radius 2 is 1.04 bits per heavy atom. The third kappa shape index (κ3) is 3.58. The van der Waals surface area contributed by atoms with Crippen LogP contribution in [0.1, 0.15) is 63.7 Å². The van der Waals surface area contributed by atoms with Crippen LogP contribution in [-0.4, -0.2) is 28.6 Å². The summed E-state index contributed by atoms with van der Waals surface area (Å²) < 4.78 is 0. The summed E-state index contributed by atoms with van der Waals surface area (Å²) in [5, 5.41) is 0. The van der Waals surface area contributed by atoms with Gasteiger partial charge in [-0.3, -0.25) is 9.80 Å². The highest BCUT2D eigenvalue weighted by molar-refractivity contribution is 5.22. The largest absolute Gasteiger partial charge is 0.279 e. The van der Waals surface area contributed by atoms with Crippen LogP contribution in [-0.2, 0) is 0 Å². The number of rotatable bonds is 4. The summed E-state index contributed by atoms with van der Waals surface area (Å²) in [6.07, 6.45) is 2.64. The molecule has 0 bridgehead atoms. The molecule has 0 spiro atoms. The monoisotopic (exact) mass is 362 g/mol. The molecule has 2 aromatic rings. The second kappa shape index (κ2) is 7.77. The molecule has 2 aliphatic rings. The SMILES string of the molecule is C[C@@H]1C[C@@H]2[C@@H](C[C@H]1C)N([C@@H](C)c1ccccc1)CN2[C@@H](C)c1ccccc1. The summed E-state index contributed by atoms with van der Waals surface area (Å²) in [5.74, 6) is 1.62. The van der Waals surface area contributed by atoms with Crippen molar-refractivity contribution < 1.29 is 0 Å². The first kappa shape index (κ1) is 18.7. The van der Waals surface area contributed by atoms with Crippen molar-refractivity contribution in [2.24, 2.45) is 11.8 Å². The summed E-state index contributed by atoms with van der Waals surface area (Å²) in [5.41, 5.74) is 2.88. The van der Waals surface area contributed by atoms with Gasteiger partial charge in [-0.05, 0) is 49.7 Å². The molecular formula is C25H34N2. The Balaban J connectivity index is 1.63. The van der Waals surface area contributed by atoms with Crippen LogP contribution < -0.4 is 0 Å². The van der Waals surface area contributed by atoms with Gasteiger partial charge in [0, 0.05) is 24.2 Å². The maximum atomic E-state index is 2.78. The van der Waals surface area contributed by atoms with E-state index in [0.29, 0.717) is 24.2 Å². The summed E-state index contributed by atoms with van der Waals surface area (Å²) >= 11 is 0. The van der Waals surface area contributed by atoms with Gasteiger partial charge in [-0.1, -0.05) is 74.5 Å². The summed E-state index contributed by atoms with van der Waals surface area (Å²) in [6.45, 7) is 10.8. The van der Waals surface area contributed by atoms with Crippen molar-refractivity contribution in [3.8, 4) is 0 Å². The molecule has 2 heteroatoms. The molecule has 144 valence electrons. The lowest BCUT2D eigenvalue weighted by molar-refractivity contribution is 0.103. The summed E-state index contributed by atoms with van der Waals surface area (Å²) in [7, 11) is 0. The van der Waals surface area contributed by atoms with Crippen molar-refractivity contribution >= 4 is 0 Å². The highest BCUT2D eigenvalue weighted by Crippen LogP contribution is 2.44. The minimum Gasteiger partial charge on any atom is -0.279 e. The van der Waals surface area contributed by atoms with Gasteiger partial charge in [-0.2, -0.15) is 0 Å². The standard InChI is InChI=1S/C25H34N2/c1-18-15-24-25(16-19(18)2)27(21(4)23-13-9-6-10-14-23)17-26(24)20(3)22-11-7-5-8-12-22/h5-14,18-21,24-25H,15-17H2,1-4H3/t18-,19-,20+,21+,24-,25-/m1/s1. The van der Waals surface area contributed by atoms with Crippen LogP contribution in [0.2, 0.25) is 0 Å². The van der Waals surface area contributed by atoms with Crippen LogP contribution in [0.15, 0.2) is 60.7 Å². The smallest absolute Gasteiger partial charge is 0.0524 e. The summed E-state index contributed by atoms with van der Waals surface area (Å²) in [4.78, 5) is 5.56. The Morgan fingerprint density at radius 3 is 1.41 bits per heavy atom. The number of nitrogens with zero attached hydrogens (tertiary/aromatic N) is 2. The van der Waals surface area contributed by atoms with Crippen molar-refractivity contribution in [1.29, 1.82) is 0 Å². The Labute approximate surface area is 165 Å². The number of benzene rings is 2. The van der Waals surface area contributed by atoms with Gasteiger partial charge in [-0.15, -0.1) is 0 Å². The van der Waals surface area contributed by atoms with E-state index in [9.17, 15) is 0 Å². The molecule has 0 radical (unpaired) electrons. The zero-order chi connectivity index (χ0) is 19.0. The van der Waals surface area contributed by atoms with E-state index in [1.807, 2.05) is 0 Å². The normalized spacial score (nSPS) is 31.4. The quantitative estimate of drug-likeness (QED) is 0.669. The molecule has 1 aliphatic heterocycles. The van der Waals surface area contributed by atoms with Crippen LogP contribution >= 0.6 is 0 Å². The topological polar surface area (TPSA) is 6.48 Å². The van der Waals surface area contributed by atoms with Gasteiger partial charge in [0.05, 0.1) is 6.67 Å². The van der Waals surface area contributed by atoms with E-state index < -0.39 is 0 Å². The van der Waals surface area contributed by atoms with Crippen molar-refractivity contribution in [3.05, 3.63) is 71.8 Å². The zero-order valence-corrected chi connectivity index (χ0v) is 17.3. The van der Waals surface area contributed by atoms with Crippen molar-refractivity contribution in [1.82, 2.24) is 9.80 Å². The fourth-order valence-electron chi connectivity index (χ4n) is 5.32. The minimum atomic E-state index is 0.465. The fraction of sp³-hybridized carbons (Fsp3) is 0.520. The third-order valence-electron chi connectivity index (χ3n) is 7.38. The van der Waals surface area contributed by atoms with Gasteiger partial charge in [0.15, 0.2) is 0 Å². The molecule has 1 saturated carbocycles. The molecule has 2 aromatic carbocycles. The van der Waals surface area contributed by atoms with E-state index in [-0.39, 0.29) is 0 Å². The van der Waals surface area contributed by atoms with Crippen LogP contribution in [0.25, 0.3) is 0 Å². The Hall–Kier alpha value is -1.64. The number of hydrogen-bond acceptors (Lipinski definition) is 2. The van der Waals surface area contributed by atoms with Crippen LogP contribution in [0, 0.1) is 11.8 Å². The van der Waals surface area contributed by atoms with Gasteiger partial charge < -0.3 is 0 Å². The zero-order valence-electron chi connectivity index (χ0n) is 17.3. The van der Waals surface area contributed by atoms with E-state index in [2.05, 4.69) is 98.2 Å². The van der Waals surface area contributed by atoms with E-state index >= 15 is 0 Å². The highest BCUT2D eigenvalue weighted by atomic mass is 15.4. The molecule has 1 heterocycles. The van der Waals surface area contributed by atoms with Crippen molar-refractivity contribution in [3.63, 3.8) is 0 Å². The van der Waals surface area contributed by atoms with Gasteiger partial charge in [0.1, 0.15) is 0 Å². The molecule has 1 aliphatic carbocycles. The molecule has 2 fully saturated rings. The molecule has 2 nitrogen and oxygen atoms in total. The first-order valence-electron chi connectivity index (χ1n) is 10.7. The maximum Gasteiger partial charge on any atom is 0.0524 e. The van der Waals surface area contributed by atoms with Gasteiger partial charge in [0.25, 0.3) is 0 Å². The second-order valence-electron chi connectivity index (χ2n) is 8.90.